The predicted octanol–water partition coefficient (Wildman–Crippen LogP) is 4.26. The maximum Gasteiger partial charge on any atom is 0.337 e. The van der Waals surface area contributed by atoms with E-state index in [0.29, 0.717) is 11.5 Å². The number of aromatic carboxylic acids is 1. The average Bonchev–Trinajstić information content (AvgIpc) is 2.77. The first kappa shape index (κ1) is 13.7. The topological polar surface area (TPSA) is 42.2 Å². The Hall–Kier alpha value is -1.77. The van der Waals surface area contributed by atoms with Crippen molar-refractivity contribution in [1.82, 2.24) is 4.57 Å². The van der Waals surface area contributed by atoms with Crippen molar-refractivity contribution in [3.8, 4) is 0 Å². The Morgan fingerprint density at radius 2 is 2.11 bits per heavy atom. The van der Waals surface area contributed by atoms with Crippen LogP contribution in [0.2, 0.25) is 0 Å². The fourth-order valence-corrected chi connectivity index (χ4v) is 2.38. The van der Waals surface area contributed by atoms with Gasteiger partial charge in [0.2, 0.25) is 0 Å². The number of benzene rings is 1. The highest BCUT2D eigenvalue weighted by atomic mass is 16.4. The maximum atomic E-state index is 11.5. The number of unbranched alkanes of at least 4 members (excludes halogenated alkanes) is 1. The van der Waals surface area contributed by atoms with Crippen molar-refractivity contribution in [2.24, 2.45) is 0 Å². The minimum atomic E-state index is -0.844. The van der Waals surface area contributed by atoms with Gasteiger partial charge in [-0.2, -0.15) is 0 Å². The second-order valence-electron chi connectivity index (χ2n) is 5.33. The van der Waals surface area contributed by atoms with E-state index in [9.17, 15) is 9.90 Å². The summed E-state index contributed by atoms with van der Waals surface area (Å²) in [6, 6.07) is 5.94. The fraction of sp³-hybridized carbons (Fsp3) is 0.438. The normalized spacial score (nSPS) is 11.4. The van der Waals surface area contributed by atoms with Crippen LogP contribution in [0.25, 0.3) is 10.9 Å². The SMILES string of the molecule is CCCCn1ccc2cc(C(C)C)cc(C(=O)O)c21. The van der Waals surface area contributed by atoms with Crippen molar-refractivity contribution in [1.29, 1.82) is 0 Å². The van der Waals surface area contributed by atoms with Crippen LogP contribution in [0.15, 0.2) is 24.4 Å². The standard InChI is InChI=1S/C16H21NO2/c1-4-5-7-17-8-6-12-9-13(11(2)3)10-14(15(12)17)16(18)19/h6,8-11H,4-5,7H2,1-3H3,(H,18,19). The minimum Gasteiger partial charge on any atom is -0.478 e. The van der Waals surface area contributed by atoms with E-state index in [4.69, 9.17) is 0 Å². The Balaban J connectivity index is 2.61. The maximum absolute atomic E-state index is 11.5. The number of fused-ring (bicyclic) bond motifs is 1. The van der Waals surface area contributed by atoms with E-state index in [-0.39, 0.29) is 0 Å². The lowest BCUT2D eigenvalue weighted by Gasteiger charge is -2.11. The van der Waals surface area contributed by atoms with E-state index >= 15 is 0 Å². The van der Waals surface area contributed by atoms with E-state index in [0.717, 1.165) is 35.9 Å². The van der Waals surface area contributed by atoms with Crippen molar-refractivity contribution in [2.75, 3.05) is 0 Å². The molecule has 0 spiro atoms. The monoisotopic (exact) mass is 259 g/mol. The summed E-state index contributed by atoms with van der Waals surface area (Å²) in [5, 5.41) is 10.5. The number of nitrogens with zero attached hydrogens (tertiary/aromatic N) is 1. The van der Waals surface area contributed by atoms with Gasteiger partial charge in [0, 0.05) is 18.1 Å². The lowest BCUT2D eigenvalue weighted by Crippen LogP contribution is -2.05. The van der Waals surface area contributed by atoms with Crippen LogP contribution in [0.4, 0.5) is 0 Å². The number of rotatable bonds is 5. The summed E-state index contributed by atoms with van der Waals surface area (Å²) in [5.74, 6) is -0.509. The number of carbonyl (C=O) groups is 1. The molecule has 102 valence electrons. The molecule has 3 nitrogen and oxygen atoms in total. The lowest BCUT2D eigenvalue weighted by atomic mass is 9.98. The van der Waals surface area contributed by atoms with Gasteiger partial charge in [0.15, 0.2) is 0 Å². The van der Waals surface area contributed by atoms with Gasteiger partial charge in [0.25, 0.3) is 0 Å². The number of aryl methyl sites for hydroxylation is 1. The first-order chi connectivity index (χ1) is 9.04. The summed E-state index contributed by atoms with van der Waals surface area (Å²) in [4.78, 5) is 11.5. The highest BCUT2D eigenvalue weighted by molar-refractivity contribution is 6.02. The smallest absolute Gasteiger partial charge is 0.337 e. The van der Waals surface area contributed by atoms with Crippen molar-refractivity contribution >= 4 is 16.9 Å². The molecule has 0 fully saturated rings. The molecular formula is C16H21NO2. The van der Waals surface area contributed by atoms with E-state index in [1.54, 1.807) is 0 Å². The van der Waals surface area contributed by atoms with Crippen molar-refractivity contribution in [3.05, 3.63) is 35.5 Å². The van der Waals surface area contributed by atoms with Crippen LogP contribution < -0.4 is 0 Å². The molecule has 2 aromatic rings. The molecule has 0 aliphatic heterocycles. The third-order valence-electron chi connectivity index (χ3n) is 3.53. The molecule has 1 aromatic carbocycles. The Morgan fingerprint density at radius 1 is 1.37 bits per heavy atom. The van der Waals surface area contributed by atoms with Gasteiger partial charge in [-0.05, 0) is 36.1 Å². The first-order valence-electron chi connectivity index (χ1n) is 6.90. The van der Waals surface area contributed by atoms with Crippen molar-refractivity contribution in [3.63, 3.8) is 0 Å². The van der Waals surface area contributed by atoms with Gasteiger partial charge in [-0.3, -0.25) is 0 Å². The van der Waals surface area contributed by atoms with Gasteiger partial charge in [-0.25, -0.2) is 4.79 Å². The Bertz CT molecular complexity index is 596. The molecule has 1 heterocycles. The third kappa shape index (κ3) is 2.65. The summed E-state index contributed by atoms with van der Waals surface area (Å²) in [6.45, 7) is 7.18. The van der Waals surface area contributed by atoms with Gasteiger partial charge < -0.3 is 9.67 Å². The molecule has 0 saturated heterocycles. The summed E-state index contributed by atoms with van der Waals surface area (Å²) in [7, 11) is 0. The summed E-state index contributed by atoms with van der Waals surface area (Å²) >= 11 is 0. The van der Waals surface area contributed by atoms with E-state index in [2.05, 4.69) is 31.4 Å². The number of hydrogen-bond acceptors (Lipinski definition) is 1. The van der Waals surface area contributed by atoms with E-state index < -0.39 is 5.97 Å². The lowest BCUT2D eigenvalue weighted by molar-refractivity contribution is 0.0698. The second kappa shape index (κ2) is 5.47. The highest BCUT2D eigenvalue weighted by Crippen LogP contribution is 2.27. The molecule has 0 unspecified atom stereocenters. The second-order valence-corrected chi connectivity index (χ2v) is 5.33. The zero-order valence-electron chi connectivity index (χ0n) is 11.8. The van der Waals surface area contributed by atoms with E-state index in [1.807, 2.05) is 18.3 Å². The molecule has 2 rings (SSSR count). The van der Waals surface area contributed by atoms with Gasteiger partial charge in [-0.15, -0.1) is 0 Å². The van der Waals surface area contributed by atoms with Gasteiger partial charge >= 0.3 is 5.97 Å². The van der Waals surface area contributed by atoms with Crippen molar-refractivity contribution < 1.29 is 9.90 Å². The molecule has 1 aromatic heterocycles. The van der Waals surface area contributed by atoms with Crippen LogP contribution in [0.3, 0.4) is 0 Å². The fourth-order valence-electron chi connectivity index (χ4n) is 2.38. The zero-order chi connectivity index (χ0) is 14.0. The molecule has 3 heteroatoms. The third-order valence-corrected chi connectivity index (χ3v) is 3.53. The molecule has 0 atom stereocenters. The number of aromatic nitrogens is 1. The van der Waals surface area contributed by atoms with Gasteiger partial charge in [-0.1, -0.05) is 27.2 Å². The quantitative estimate of drug-likeness (QED) is 0.871. The average molecular weight is 259 g/mol. The Kier molecular flexibility index (Phi) is 3.93. The molecular weight excluding hydrogens is 238 g/mol. The molecule has 0 saturated carbocycles. The molecule has 19 heavy (non-hydrogen) atoms. The molecule has 0 aliphatic rings. The van der Waals surface area contributed by atoms with Crippen molar-refractivity contribution in [2.45, 2.75) is 46.1 Å². The summed E-state index contributed by atoms with van der Waals surface area (Å²) in [6.07, 6.45) is 4.16. The van der Waals surface area contributed by atoms with Crippen LogP contribution in [0, 0.1) is 0 Å². The summed E-state index contributed by atoms with van der Waals surface area (Å²) < 4.78 is 2.06. The number of carboxylic acid groups (broad SMARTS) is 1. The number of carboxylic acids is 1. The van der Waals surface area contributed by atoms with Crippen LogP contribution in [0.5, 0.6) is 0 Å². The zero-order valence-corrected chi connectivity index (χ0v) is 11.8. The molecule has 1 N–H and O–H groups in total. The Morgan fingerprint density at radius 3 is 2.68 bits per heavy atom. The molecule has 0 bridgehead atoms. The van der Waals surface area contributed by atoms with Gasteiger partial charge in [0.1, 0.15) is 0 Å². The largest absolute Gasteiger partial charge is 0.478 e. The molecule has 0 aliphatic carbocycles. The summed E-state index contributed by atoms with van der Waals surface area (Å²) in [5.41, 5.74) is 2.35. The highest BCUT2D eigenvalue weighted by Gasteiger charge is 2.15. The first-order valence-corrected chi connectivity index (χ1v) is 6.90. The van der Waals surface area contributed by atoms with E-state index in [1.165, 1.54) is 0 Å². The predicted molar refractivity (Wildman–Crippen MR) is 77.9 cm³/mol. The molecule has 0 radical (unpaired) electrons. The minimum absolute atomic E-state index is 0.335. The Labute approximate surface area is 113 Å². The molecule has 0 amide bonds. The number of hydrogen-bond donors (Lipinski definition) is 1. The van der Waals surface area contributed by atoms with Crippen LogP contribution in [0.1, 0.15) is 55.5 Å². The van der Waals surface area contributed by atoms with Crippen LogP contribution >= 0.6 is 0 Å². The van der Waals surface area contributed by atoms with Gasteiger partial charge in [0.05, 0.1) is 11.1 Å². The van der Waals surface area contributed by atoms with Crippen LogP contribution in [-0.4, -0.2) is 15.6 Å². The van der Waals surface area contributed by atoms with Crippen LogP contribution in [-0.2, 0) is 6.54 Å².